The van der Waals surface area contributed by atoms with Crippen LogP contribution in [0.1, 0.15) is 50.7 Å². The molecule has 0 aromatic heterocycles. The Labute approximate surface area is 104 Å². The molecule has 1 aromatic carbocycles. The van der Waals surface area contributed by atoms with E-state index < -0.39 is 0 Å². The normalized spacial score (nSPS) is 24.8. The number of hydrogen-bond donors (Lipinski definition) is 0. The van der Waals surface area contributed by atoms with Crippen LogP contribution in [0.25, 0.3) is 0 Å². The number of hydrogen-bond acceptors (Lipinski definition) is 2. The van der Waals surface area contributed by atoms with Crippen LogP contribution < -0.4 is 0 Å². The van der Waals surface area contributed by atoms with Crippen LogP contribution in [0.3, 0.4) is 0 Å². The molecule has 1 aliphatic rings. The molecule has 17 heavy (non-hydrogen) atoms. The minimum absolute atomic E-state index is 0.000469. The second-order valence-electron chi connectivity index (χ2n) is 4.62. The smallest absolute Gasteiger partial charge is 0.158 e. The second-order valence-corrected chi connectivity index (χ2v) is 4.62. The highest BCUT2D eigenvalue weighted by Crippen LogP contribution is 2.28. The summed E-state index contributed by atoms with van der Waals surface area (Å²) < 4.78 is 11.7. The Morgan fingerprint density at radius 3 is 2.76 bits per heavy atom. The Morgan fingerprint density at radius 2 is 2.00 bits per heavy atom. The molecule has 2 heteroatoms. The first-order valence-electron chi connectivity index (χ1n) is 6.72. The van der Waals surface area contributed by atoms with Crippen molar-refractivity contribution in [2.24, 2.45) is 0 Å². The van der Waals surface area contributed by atoms with Crippen LogP contribution in [-0.2, 0) is 9.47 Å². The molecule has 0 radical (unpaired) electrons. The second kappa shape index (κ2) is 6.77. The van der Waals surface area contributed by atoms with Gasteiger partial charge in [0.1, 0.15) is 0 Å². The third-order valence-corrected chi connectivity index (χ3v) is 3.21. The van der Waals surface area contributed by atoms with Gasteiger partial charge in [-0.3, -0.25) is 0 Å². The van der Waals surface area contributed by atoms with Crippen molar-refractivity contribution < 1.29 is 9.47 Å². The van der Waals surface area contributed by atoms with Crippen LogP contribution in [-0.4, -0.2) is 12.9 Å². The van der Waals surface area contributed by atoms with E-state index in [4.69, 9.17) is 9.47 Å². The highest BCUT2D eigenvalue weighted by atomic mass is 16.7. The van der Waals surface area contributed by atoms with Crippen molar-refractivity contribution in [1.29, 1.82) is 0 Å². The van der Waals surface area contributed by atoms with E-state index in [1.54, 1.807) is 0 Å². The van der Waals surface area contributed by atoms with Crippen LogP contribution in [0.5, 0.6) is 0 Å². The Bertz CT molecular complexity index is 310. The zero-order valence-electron chi connectivity index (χ0n) is 10.6. The summed E-state index contributed by atoms with van der Waals surface area (Å²) in [5, 5.41) is 0. The summed E-state index contributed by atoms with van der Waals surface area (Å²) in [7, 11) is 0. The number of rotatable bonds is 5. The maximum absolute atomic E-state index is 6.00. The molecule has 0 spiro atoms. The summed E-state index contributed by atoms with van der Waals surface area (Å²) in [4.78, 5) is 0. The molecule has 94 valence electrons. The van der Waals surface area contributed by atoms with E-state index >= 15 is 0 Å². The van der Waals surface area contributed by atoms with Crippen LogP contribution in [0.15, 0.2) is 30.3 Å². The van der Waals surface area contributed by atoms with E-state index in [0.29, 0.717) is 0 Å². The van der Waals surface area contributed by atoms with Gasteiger partial charge in [-0.1, -0.05) is 50.1 Å². The van der Waals surface area contributed by atoms with Gasteiger partial charge in [0, 0.05) is 6.42 Å². The molecular weight excluding hydrogens is 212 g/mol. The van der Waals surface area contributed by atoms with Crippen LogP contribution in [0.4, 0.5) is 0 Å². The largest absolute Gasteiger partial charge is 0.353 e. The average Bonchev–Trinajstić information content (AvgIpc) is 2.41. The zero-order chi connectivity index (χ0) is 11.9. The van der Waals surface area contributed by atoms with Gasteiger partial charge in [0.15, 0.2) is 6.29 Å². The third-order valence-electron chi connectivity index (χ3n) is 3.21. The van der Waals surface area contributed by atoms with E-state index in [1.807, 2.05) is 6.07 Å². The van der Waals surface area contributed by atoms with Gasteiger partial charge in [-0.25, -0.2) is 0 Å². The molecule has 1 aromatic rings. The van der Waals surface area contributed by atoms with Crippen molar-refractivity contribution in [3.8, 4) is 0 Å². The van der Waals surface area contributed by atoms with Crippen LogP contribution >= 0.6 is 0 Å². The molecule has 0 amide bonds. The maximum Gasteiger partial charge on any atom is 0.158 e. The molecule has 2 atom stereocenters. The van der Waals surface area contributed by atoms with Crippen molar-refractivity contribution in [3.05, 3.63) is 35.9 Å². The topological polar surface area (TPSA) is 18.5 Å². The average molecular weight is 234 g/mol. The highest BCUT2D eigenvalue weighted by molar-refractivity contribution is 5.17. The molecule has 2 rings (SSSR count). The molecule has 0 saturated carbocycles. The molecule has 0 aliphatic carbocycles. The number of ether oxygens (including phenoxy) is 2. The Kier molecular flexibility index (Phi) is 5.02. The first kappa shape index (κ1) is 12.6. The van der Waals surface area contributed by atoms with Gasteiger partial charge >= 0.3 is 0 Å². The van der Waals surface area contributed by atoms with Gasteiger partial charge in [-0.15, -0.1) is 0 Å². The Hall–Kier alpha value is -0.860. The lowest BCUT2D eigenvalue weighted by molar-refractivity contribution is -0.217. The van der Waals surface area contributed by atoms with Gasteiger partial charge in [0.05, 0.1) is 12.7 Å². The molecule has 1 heterocycles. The van der Waals surface area contributed by atoms with Gasteiger partial charge in [-0.2, -0.15) is 0 Å². The van der Waals surface area contributed by atoms with Crippen molar-refractivity contribution in [2.75, 3.05) is 6.61 Å². The fourth-order valence-corrected chi connectivity index (χ4v) is 2.22. The molecule has 1 saturated heterocycles. The summed E-state index contributed by atoms with van der Waals surface area (Å²) in [6, 6.07) is 10.5. The Balaban J connectivity index is 1.84. The fraction of sp³-hybridized carbons (Fsp3) is 0.600. The lowest BCUT2D eigenvalue weighted by Gasteiger charge is -2.30. The van der Waals surface area contributed by atoms with Gasteiger partial charge in [0.25, 0.3) is 0 Å². The van der Waals surface area contributed by atoms with Crippen LogP contribution in [0.2, 0.25) is 0 Å². The monoisotopic (exact) mass is 234 g/mol. The lowest BCUT2D eigenvalue weighted by Crippen LogP contribution is -2.27. The molecule has 1 fully saturated rings. The lowest BCUT2D eigenvalue weighted by atomic mass is 10.1. The molecule has 0 bridgehead atoms. The molecule has 1 aliphatic heterocycles. The molecule has 0 N–H and O–H groups in total. The first-order chi connectivity index (χ1) is 8.40. The SMILES string of the molecule is CCCCCC1OCCC(c2ccccc2)O1. The van der Waals surface area contributed by atoms with Crippen molar-refractivity contribution in [2.45, 2.75) is 51.4 Å². The van der Waals surface area contributed by atoms with E-state index in [9.17, 15) is 0 Å². The predicted octanol–water partition coefficient (Wildman–Crippen LogP) is 4.07. The van der Waals surface area contributed by atoms with E-state index in [0.717, 1.165) is 19.4 Å². The third kappa shape index (κ3) is 3.83. The van der Waals surface area contributed by atoms with E-state index in [1.165, 1.54) is 24.8 Å². The van der Waals surface area contributed by atoms with Crippen LogP contribution in [0, 0.1) is 0 Å². The number of benzene rings is 1. The predicted molar refractivity (Wildman–Crippen MR) is 68.8 cm³/mol. The molecule has 2 nitrogen and oxygen atoms in total. The van der Waals surface area contributed by atoms with Crippen molar-refractivity contribution in [1.82, 2.24) is 0 Å². The highest BCUT2D eigenvalue weighted by Gasteiger charge is 2.23. The minimum atomic E-state index is 0.000469. The molecule has 2 unspecified atom stereocenters. The van der Waals surface area contributed by atoms with E-state index in [2.05, 4.69) is 31.2 Å². The van der Waals surface area contributed by atoms with Gasteiger partial charge < -0.3 is 9.47 Å². The van der Waals surface area contributed by atoms with Gasteiger partial charge in [0.2, 0.25) is 0 Å². The minimum Gasteiger partial charge on any atom is -0.353 e. The number of unbranched alkanes of at least 4 members (excludes halogenated alkanes) is 2. The fourth-order valence-electron chi connectivity index (χ4n) is 2.22. The summed E-state index contributed by atoms with van der Waals surface area (Å²) in [6.07, 6.45) is 5.92. The Morgan fingerprint density at radius 1 is 1.18 bits per heavy atom. The first-order valence-corrected chi connectivity index (χ1v) is 6.72. The van der Waals surface area contributed by atoms with Gasteiger partial charge in [-0.05, 0) is 18.4 Å². The van der Waals surface area contributed by atoms with E-state index in [-0.39, 0.29) is 12.4 Å². The maximum atomic E-state index is 6.00. The summed E-state index contributed by atoms with van der Waals surface area (Å²) >= 11 is 0. The van der Waals surface area contributed by atoms with Crippen molar-refractivity contribution >= 4 is 0 Å². The summed E-state index contributed by atoms with van der Waals surface area (Å²) in [5.74, 6) is 0. The quantitative estimate of drug-likeness (QED) is 0.715. The summed E-state index contributed by atoms with van der Waals surface area (Å²) in [5.41, 5.74) is 1.27. The molecular formula is C15H22O2. The summed E-state index contributed by atoms with van der Waals surface area (Å²) in [6.45, 7) is 3.03. The zero-order valence-corrected chi connectivity index (χ0v) is 10.6. The van der Waals surface area contributed by atoms with Crippen molar-refractivity contribution in [3.63, 3.8) is 0 Å². The standard InChI is InChI=1S/C15H22O2/c1-2-3-5-10-15-16-12-11-14(17-15)13-8-6-4-7-9-13/h4,6-9,14-15H,2-3,5,10-12H2,1H3.